The van der Waals surface area contributed by atoms with E-state index in [1.54, 1.807) is 0 Å². The van der Waals surface area contributed by atoms with Gasteiger partial charge < -0.3 is 10.6 Å². The quantitative estimate of drug-likeness (QED) is 0.838. The molecule has 2 N–H and O–H groups in total. The maximum absolute atomic E-state index is 12.7. The summed E-state index contributed by atoms with van der Waals surface area (Å²) in [7, 11) is 0. The normalized spacial score (nSPS) is 9.70. The maximum atomic E-state index is 12.7. The Morgan fingerprint density at radius 2 is 1.87 bits per heavy atom. The first-order valence-electron chi connectivity index (χ1n) is 7.09. The van der Waals surface area contributed by atoms with Crippen molar-refractivity contribution in [2.45, 2.75) is 26.8 Å². The van der Waals surface area contributed by atoms with Crippen molar-refractivity contribution < 1.29 is 4.79 Å². The fourth-order valence-electron chi connectivity index (χ4n) is 2.21. The molecule has 0 bridgehead atoms. The summed E-state index contributed by atoms with van der Waals surface area (Å²) in [5, 5.41) is 0.925. The smallest absolute Gasteiger partial charge is 0.266 e. The molecule has 2 rings (SSSR count). The molecule has 0 spiro atoms. The van der Waals surface area contributed by atoms with E-state index in [2.05, 4.69) is 4.98 Å². The van der Waals surface area contributed by atoms with Crippen LogP contribution < -0.4 is 5.73 Å². The fraction of sp³-hybridized carbons (Fsp3) is 0.375. The third-order valence-electron chi connectivity index (χ3n) is 3.23. The number of thiazole rings is 1. The van der Waals surface area contributed by atoms with Gasteiger partial charge in [0.25, 0.3) is 5.91 Å². The van der Waals surface area contributed by atoms with E-state index in [-0.39, 0.29) is 30.7 Å². The molecule has 0 radical (unpaired) electrons. The lowest BCUT2D eigenvalue weighted by molar-refractivity contribution is 0.0746. The molecular weight excluding hydrogens is 353 g/mol. The van der Waals surface area contributed by atoms with Crippen LogP contribution in [-0.2, 0) is 6.54 Å². The van der Waals surface area contributed by atoms with Crippen LogP contribution in [0.4, 0.5) is 0 Å². The summed E-state index contributed by atoms with van der Waals surface area (Å²) < 4.78 is 0. The minimum Gasteiger partial charge on any atom is -0.334 e. The summed E-state index contributed by atoms with van der Waals surface area (Å²) >= 11 is 1.46. The summed E-state index contributed by atoms with van der Waals surface area (Å²) in [4.78, 5) is 19.7. The molecule has 0 aliphatic rings. The molecular formula is C16H23Cl2N3OS. The van der Waals surface area contributed by atoms with Crippen molar-refractivity contribution in [1.82, 2.24) is 9.88 Å². The van der Waals surface area contributed by atoms with Crippen LogP contribution in [-0.4, -0.2) is 28.9 Å². The number of halogens is 2. The highest BCUT2D eigenvalue weighted by atomic mass is 35.5. The zero-order valence-corrected chi connectivity index (χ0v) is 15.8. The minimum absolute atomic E-state index is 0. The second-order valence-electron chi connectivity index (χ2n) is 5.00. The lowest BCUT2D eigenvalue weighted by atomic mass is 10.2. The van der Waals surface area contributed by atoms with Crippen molar-refractivity contribution in [3.8, 4) is 0 Å². The highest BCUT2D eigenvalue weighted by Gasteiger charge is 2.20. The van der Waals surface area contributed by atoms with Gasteiger partial charge in [0.2, 0.25) is 0 Å². The zero-order chi connectivity index (χ0) is 15.2. The lowest BCUT2D eigenvalue weighted by Crippen LogP contribution is -2.32. The number of benzene rings is 1. The summed E-state index contributed by atoms with van der Waals surface area (Å²) in [6.45, 7) is 5.67. The Morgan fingerprint density at radius 1 is 1.22 bits per heavy atom. The van der Waals surface area contributed by atoms with Crippen LogP contribution in [0, 0.1) is 13.8 Å². The number of aromatic nitrogens is 1. The molecule has 0 fully saturated rings. The predicted octanol–water partition coefficient (Wildman–Crippen LogP) is 3.59. The average molecular weight is 376 g/mol. The van der Waals surface area contributed by atoms with Crippen LogP contribution in [0.15, 0.2) is 30.3 Å². The second kappa shape index (κ2) is 10.6. The highest BCUT2D eigenvalue weighted by Crippen LogP contribution is 2.20. The first-order valence-corrected chi connectivity index (χ1v) is 7.90. The van der Waals surface area contributed by atoms with E-state index in [0.717, 1.165) is 27.6 Å². The number of rotatable bonds is 6. The van der Waals surface area contributed by atoms with Crippen molar-refractivity contribution in [3.63, 3.8) is 0 Å². The van der Waals surface area contributed by atoms with E-state index in [0.29, 0.717) is 19.6 Å². The molecule has 0 unspecified atom stereocenters. The third-order valence-corrected chi connectivity index (χ3v) is 4.29. The number of nitrogens with zero attached hydrogens (tertiary/aromatic N) is 2. The molecule has 1 aromatic heterocycles. The minimum atomic E-state index is 0. The Kier molecular flexibility index (Phi) is 10.1. The number of nitrogens with two attached hydrogens (primary N) is 1. The van der Waals surface area contributed by atoms with Crippen LogP contribution in [0.5, 0.6) is 0 Å². The molecule has 1 amide bonds. The third kappa shape index (κ3) is 6.11. The fourth-order valence-corrected chi connectivity index (χ4v) is 3.10. The number of hydrogen-bond acceptors (Lipinski definition) is 4. The Bertz CT molecular complexity index is 605. The monoisotopic (exact) mass is 375 g/mol. The molecule has 1 aromatic carbocycles. The number of carbonyl (C=O) groups excluding carboxylic acids is 1. The van der Waals surface area contributed by atoms with Crippen molar-refractivity contribution in [1.29, 1.82) is 0 Å². The summed E-state index contributed by atoms with van der Waals surface area (Å²) in [6.07, 6.45) is 0.801. The Morgan fingerprint density at radius 3 is 2.39 bits per heavy atom. The molecule has 0 saturated heterocycles. The van der Waals surface area contributed by atoms with Crippen molar-refractivity contribution in [2.75, 3.05) is 13.1 Å². The summed E-state index contributed by atoms with van der Waals surface area (Å²) in [5.74, 6) is 0.0513. The molecule has 1 heterocycles. The number of amides is 1. The topological polar surface area (TPSA) is 59.2 Å². The van der Waals surface area contributed by atoms with Gasteiger partial charge in [0.05, 0.1) is 10.7 Å². The number of aryl methyl sites for hydroxylation is 2. The van der Waals surface area contributed by atoms with Gasteiger partial charge >= 0.3 is 0 Å². The molecule has 7 heteroatoms. The first kappa shape index (κ1) is 21.9. The van der Waals surface area contributed by atoms with Gasteiger partial charge in [-0.25, -0.2) is 4.98 Å². The summed E-state index contributed by atoms with van der Waals surface area (Å²) in [5.41, 5.74) is 7.54. The van der Waals surface area contributed by atoms with Crippen molar-refractivity contribution >= 4 is 42.1 Å². The van der Waals surface area contributed by atoms with Crippen LogP contribution in [0.25, 0.3) is 0 Å². The molecule has 0 saturated carbocycles. The Balaban J connectivity index is 0.00000242. The van der Waals surface area contributed by atoms with Gasteiger partial charge in [-0.15, -0.1) is 36.2 Å². The first-order chi connectivity index (χ1) is 10.1. The molecule has 0 atom stereocenters. The van der Waals surface area contributed by atoms with E-state index in [4.69, 9.17) is 5.73 Å². The van der Waals surface area contributed by atoms with E-state index in [1.165, 1.54) is 11.3 Å². The molecule has 23 heavy (non-hydrogen) atoms. The van der Waals surface area contributed by atoms with Crippen molar-refractivity contribution in [3.05, 3.63) is 51.5 Å². The standard InChI is InChI=1S/C16H21N3OS.2ClH/c1-12-15(21-13(2)18-12)16(20)19(10-6-9-17)11-14-7-4-3-5-8-14;;/h3-5,7-8H,6,9-11,17H2,1-2H3;2*1H. The van der Waals surface area contributed by atoms with Crippen LogP contribution in [0.2, 0.25) is 0 Å². The van der Waals surface area contributed by atoms with Gasteiger partial charge in [-0.05, 0) is 32.4 Å². The lowest BCUT2D eigenvalue weighted by Gasteiger charge is -2.22. The Hall–Kier alpha value is -1.14. The second-order valence-corrected chi connectivity index (χ2v) is 6.21. The maximum Gasteiger partial charge on any atom is 0.266 e. The SMILES string of the molecule is Cc1nc(C)c(C(=O)N(CCCN)Cc2ccccc2)s1.Cl.Cl. The molecule has 0 aliphatic heterocycles. The van der Waals surface area contributed by atoms with Gasteiger partial charge in [0.15, 0.2) is 0 Å². The van der Waals surface area contributed by atoms with Gasteiger partial charge in [-0.2, -0.15) is 0 Å². The van der Waals surface area contributed by atoms with Gasteiger partial charge in [-0.3, -0.25) is 4.79 Å². The van der Waals surface area contributed by atoms with Gasteiger partial charge in [0.1, 0.15) is 4.88 Å². The average Bonchev–Trinajstić information content (AvgIpc) is 2.82. The number of hydrogen-bond donors (Lipinski definition) is 1. The van der Waals surface area contributed by atoms with Gasteiger partial charge in [-0.1, -0.05) is 30.3 Å². The highest BCUT2D eigenvalue weighted by molar-refractivity contribution is 7.13. The van der Waals surface area contributed by atoms with E-state index in [9.17, 15) is 4.79 Å². The summed E-state index contributed by atoms with van der Waals surface area (Å²) in [6, 6.07) is 10.0. The zero-order valence-electron chi connectivity index (χ0n) is 13.3. The van der Waals surface area contributed by atoms with Crippen LogP contribution in [0.3, 0.4) is 0 Å². The van der Waals surface area contributed by atoms with Crippen molar-refractivity contribution in [2.24, 2.45) is 5.73 Å². The van der Waals surface area contributed by atoms with E-state index >= 15 is 0 Å². The van der Waals surface area contributed by atoms with Gasteiger partial charge in [0, 0.05) is 13.1 Å². The van der Waals surface area contributed by atoms with E-state index in [1.807, 2.05) is 49.1 Å². The molecule has 0 aliphatic carbocycles. The molecule has 2 aromatic rings. The number of carbonyl (C=O) groups is 1. The van der Waals surface area contributed by atoms with Crippen LogP contribution in [0.1, 0.15) is 32.4 Å². The van der Waals surface area contributed by atoms with E-state index < -0.39 is 0 Å². The molecule has 128 valence electrons. The predicted molar refractivity (Wildman–Crippen MR) is 101 cm³/mol. The van der Waals surface area contributed by atoms with Crippen LogP contribution >= 0.6 is 36.2 Å². The molecule has 4 nitrogen and oxygen atoms in total. The largest absolute Gasteiger partial charge is 0.334 e. The Labute approximate surface area is 153 Å².